The fourth-order valence-electron chi connectivity index (χ4n) is 3.92. The van der Waals surface area contributed by atoms with Crippen LogP contribution >= 0.6 is 0 Å². The lowest BCUT2D eigenvalue weighted by Gasteiger charge is -2.25. The maximum Gasteiger partial charge on any atom is 0.327 e. The van der Waals surface area contributed by atoms with Crippen LogP contribution in [0, 0.1) is 11.3 Å². The van der Waals surface area contributed by atoms with Gasteiger partial charge in [-0.2, -0.15) is 10.4 Å². The highest BCUT2D eigenvalue weighted by atomic mass is 16.3. The van der Waals surface area contributed by atoms with Crippen LogP contribution in [0.25, 0.3) is 28.1 Å². The fourth-order valence-corrected chi connectivity index (χ4v) is 3.92. The van der Waals surface area contributed by atoms with E-state index >= 15 is 0 Å². The summed E-state index contributed by atoms with van der Waals surface area (Å²) in [7, 11) is 0. The Morgan fingerprint density at radius 3 is 2.86 bits per heavy atom. The van der Waals surface area contributed by atoms with Gasteiger partial charge in [-0.1, -0.05) is 0 Å². The Kier molecular flexibility index (Phi) is 3.74. The number of nitrogens with one attached hydrogen (secondary N) is 1. The number of aromatic amines is 1. The third-order valence-corrected chi connectivity index (χ3v) is 5.38. The molecule has 0 amide bonds. The van der Waals surface area contributed by atoms with Crippen molar-refractivity contribution in [2.45, 2.75) is 37.8 Å². The van der Waals surface area contributed by atoms with Crippen LogP contribution in [0.1, 0.15) is 37.3 Å². The van der Waals surface area contributed by atoms with E-state index in [1.807, 2.05) is 0 Å². The molecule has 4 aromatic rings. The van der Waals surface area contributed by atoms with Gasteiger partial charge in [0, 0.05) is 12.2 Å². The first kappa shape index (κ1) is 16.6. The van der Waals surface area contributed by atoms with E-state index in [2.05, 4.69) is 26.1 Å². The lowest BCUT2D eigenvalue weighted by Crippen LogP contribution is -2.27. The minimum absolute atomic E-state index is 0.00139. The van der Waals surface area contributed by atoms with E-state index in [1.54, 1.807) is 39.8 Å². The number of imidazole rings is 1. The Morgan fingerprint density at radius 2 is 2.07 bits per heavy atom. The highest BCUT2D eigenvalue weighted by Gasteiger charge is 2.25. The number of aromatic nitrogens is 6. The van der Waals surface area contributed by atoms with Gasteiger partial charge in [0.25, 0.3) is 0 Å². The molecule has 9 nitrogen and oxygen atoms in total. The highest BCUT2D eigenvalue weighted by Crippen LogP contribution is 2.30. The quantitative estimate of drug-likeness (QED) is 0.550. The van der Waals surface area contributed by atoms with Crippen LogP contribution in [-0.2, 0) is 0 Å². The molecule has 4 heterocycles. The van der Waals surface area contributed by atoms with Crippen LogP contribution in [0.4, 0.5) is 0 Å². The summed E-state index contributed by atoms with van der Waals surface area (Å²) in [5, 5.41) is 23.2. The highest BCUT2D eigenvalue weighted by molar-refractivity contribution is 5.80. The zero-order valence-corrected chi connectivity index (χ0v) is 14.9. The molecule has 1 aliphatic carbocycles. The molecule has 1 aliphatic rings. The molecule has 0 spiro atoms. The molecular weight excluding hydrogens is 358 g/mol. The van der Waals surface area contributed by atoms with Crippen molar-refractivity contribution in [2.24, 2.45) is 0 Å². The maximum absolute atomic E-state index is 12.5. The molecule has 0 aliphatic heterocycles. The summed E-state index contributed by atoms with van der Waals surface area (Å²) in [5.41, 5.74) is 2.85. The number of aliphatic hydroxyl groups excluding tert-OH is 1. The normalized spacial score (nSPS) is 19.9. The monoisotopic (exact) mass is 375 g/mol. The van der Waals surface area contributed by atoms with Crippen LogP contribution in [0.2, 0.25) is 0 Å². The van der Waals surface area contributed by atoms with Crippen molar-refractivity contribution in [3.05, 3.63) is 46.8 Å². The van der Waals surface area contributed by atoms with Crippen LogP contribution in [-0.4, -0.2) is 40.3 Å². The van der Waals surface area contributed by atoms with Gasteiger partial charge in [-0.3, -0.25) is 4.57 Å². The second-order valence-corrected chi connectivity index (χ2v) is 7.11. The molecule has 140 valence electrons. The zero-order valence-electron chi connectivity index (χ0n) is 14.9. The number of H-pyrrole nitrogens is 1. The molecule has 9 heteroatoms. The number of fused-ring (bicyclic) bond motifs is 2. The van der Waals surface area contributed by atoms with Crippen molar-refractivity contribution in [3.63, 3.8) is 0 Å². The Bertz CT molecular complexity index is 1290. The first-order valence-electron chi connectivity index (χ1n) is 9.17. The predicted octanol–water partition coefficient (Wildman–Crippen LogP) is 1.78. The summed E-state index contributed by atoms with van der Waals surface area (Å²) >= 11 is 0. The summed E-state index contributed by atoms with van der Waals surface area (Å²) in [6.45, 7) is 0. The molecule has 0 radical (unpaired) electrons. The van der Waals surface area contributed by atoms with Crippen molar-refractivity contribution in [2.75, 3.05) is 0 Å². The van der Waals surface area contributed by atoms with Crippen LogP contribution < -0.4 is 5.69 Å². The van der Waals surface area contributed by atoms with Crippen molar-refractivity contribution in [3.8, 4) is 17.5 Å². The van der Waals surface area contributed by atoms with Crippen molar-refractivity contribution in [1.29, 1.82) is 5.26 Å². The number of aliphatic hydroxyl groups is 1. The topological polar surface area (TPSA) is 125 Å². The molecular formula is C19H17N7O2. The van der Waals surface area contributed by atoms with Gasteiger partial charge in [0.05, 0.1) is 41.2 Å². The van der Waals surface area contributed by atoms with E-state index in [0.717, 1.165) is 18.4 Å². The zero-order chi connectivity index (χ0) is 19.3. The summed E-state index contributed by atoms with van der Waals surface area (Å²) in [6, 6.07) is 5.55. The number of hydrogen-bond donors (Lipinski definition) is 2. The van der Waals surface area contributed by atoms with Gasteiger partial charge in [-0.15, -0.1) is 0 Å². The van der Waals surface area contributed by atoms with E-state index in [9.17, 15) is 9.90 Å². The van der Waals surface area contributed by atoms with Crippen molar-refractivity contribution in [1.82, 2.24) is 29.1 Å². The molecule has 0 bridgehead atoms. The van der Waals surface area contributed by atoms with Gasteiger partial charge < -0.3 is 10.1 Å². The molecule has 28 heavy (non-hydrogen) atoms. The summed E-state index contributed by atoms with van der Waals surface area (Å²) < 4.78 is 3.34. The lowest BCUT2D eigenvalue weighted by atomic mass is 9.93. The van der Waals surface area contributed by atoms with Gasteiger partial charge in [-0.05, 0) is 37.8 Å². The second kappa shape index (κ2) is 6.28. The second-order valence-electron chi connectivity index (χ2n) is 7.11. The molecule has 0 aromatic carbocycles. The average molecular weight is 375 g/mol. The summed E-state index contributed by atoms with van der Waals surface area (Å²) in [6.07, 6.45) is 7.49. The molecule has 4 aromatic heterocycles. The lowest BCUT2D eigenvalue weighted by molar-refractivity contribution is 0.111. The van der Waals surface area contributed by atoms with Crippen LogP contribution in [0.15, 0.2) is 35.5 Å². The van der Waals surface area contributed by atoms with Gasteiger partial charge >= 0.3 is 5.69 Å². The Labute approximate surface area is 158 Å². The standard InChI is InChI=1S/C19H17N7O2/c20-8-11-5-6-25-16(7-11)14(9-22-25)17-21-10-15-18(24-17)26(19(28)23-15)12-1-3-13(27)4-2-12/h5-7,9-10,12-13,27H,1-4H2,(H,23,28)/t12-,13-. The third kappa shape index (κ3) is 2.58. The van der Waals surface area contributed by atoms with Crippen LogP contribution in [0.5, 0.6) is 0 Å². The number of nitrogens with zero attached hydrogens (tertiary/aromatic N) is 6. The first-order valence-corrected chi connectivity index (χ1v) is 9.17. The molecule has 1 fully saturated rings. The van der Waals surface area contributed by atoms with E-state index in [0.29, 0.717) is 41.0 Å². The Morgan fingerprint density at radius 1 is 1.25 bits per heavy atom. The smallest absolute Gasteiger partial charge is 0.327 e. The SMILES string of the molecule is N#Cc1ccn2ncc(-c3ncc4[nH]c(=O)n([C@H]5CC[C@H](O)CC5)c4n3)c2c1. The molecule has 2 N–H and O–H groups in total. The first-order chi connectivity index (χ1) is 13.6. The molecule has 1 saturated carbocycles. The fraction of sp³-hybridized carbons (Fsp3) is 0.316. The van der Waals surface area contributed by atoms with Gasteiger partial charge in [0.1, 0.15) is 5.52 Å². The van der Waals surface area contributed by atoms with E-state index < -0.39 is 0 Å². The summed E-state index contributed by atoms with van der Waals surface area (Å²) in [5.74, 6) is 0.446. The van der Waals surface area contributed by atoms with Crippen LogP contribution in [0.3, 0.4) is 0 Å². The minimum atomic E-state index is -0.296. The van der Waals surface area contributed by atoms with Gasteiger partial charge in [-0.25, -0.2) is 19.3 Å². The maximum atomic E-state index is 12.5. The van der Waals surface area contributed by atoms with Crippen molar-refractivity contribution >= 4 is 16.7 Å². The number of nitriles is 1. The minimum Gasteiger partial charge on any atom is -0.393 e. The number of hydrogen-bond acceptors (Lipinski definition) is 6. The number of rotatable bonds is 2. The van der Waals surface area contributed by atoms with Gasteiger partial charge in [0.15, 0.2) is 11.5 Å². The summed E-state index contributed by atoms with van der Waals surface area (Å²) in [4.78, 5) is 24.4. The molecule has 0 saturated heterocycles. The molecule has 0 atom stereocenters. The average Bonchev–Trinajstić information content (AvgIpc) is 3.27. The Hall–Kier alpha value is -3.51. The molecule has 5 rings (SSSR count). The molecule has 0 unspecified atom stereocenters. The van der Waals surface area contributed by atoms with Gasteiger partial charge in [0.2, 0.25) is 0 Å². The third-order valence-electron chi connectivity index (χ3n) is 5.38. The van der Waals surface area contributed by atoms with E-state index in [4.69, 9.17) is 5.26 Å². The van der Waals surface area contributed by atoms with E-state index in [1.165, 1.54) is 0 Å². The Balaban J connectivity index is 1.65. The van der Waals surface area contributed by atoms with Crippen molar-refractivity contribution < 1.29 is 5.11 Å². The number of pyridine rings is 1. The predicted molar refractivity (Wildman–Crippen MR) is 101 cm³/mol. The van der Waals surface area contributed by atoms with E-state index in [-0.39, 0.29) is 17.8 Å². The largest absolute Gasteiger partial charge is 0.393 e.